The number of hydrogen-bond acceptors (Lipinski definition) is 4. The first-order valence-corrected chi connectivity index (χ1v) is 9.66. The number of nitrogens with zero attached hydrogens (tertiary/aromatic N) is 5. The summed E-state index contributed by atoms with van der Waals surface area (Å²) in [4.78, 5) is 9.16. The zero-order valence-electron chi connectivity index (χ0n) is 15.8. The summed E-state index contributed by atoms with van der Waals surface area (Å²) in [6, 6.07) is 14.9. The van der Waals surface area contributed by atoms with Gasteiger partial charge in [0.15, 0.2) is 0 Å². The van der Waals surface area contributed by atoms with Crippen molar-refractivity contribution in [1.82, 2.24) is 25.0 Å². The van der Waals surface area contributed by atoms with Crippen LogP contribution in [-0.2, 0) is 19.4 Å². The third-order valence-electron chi connectivity index (χ3n) is 5.39. The number of pyridine rings is 2. The predicted molar refractivity (Wildman–Crippen MR) is 109 cm³/mol. The molecule has 0 saturated heterocycles. The lowest BCUT2D eigenvalue weighted by molar-refractivity contribution is 0.644. The van der Waals surface area contributed by atoms with E-state index < -0.39 is 0 Å². The van der Waals surface area contributed by atoms with Gasteiger partial charge in [0.2, 0.25) is 0 Å². The SMILES string of the molecule is Cc1nc2c(cc1Cn1cc(-c3cccnc3)nn1)CCCc1ccccc1-2. The summed E-state index contributed by atoms with van der Waals surface area (Å²) in [5, 5.41) is 8.60. The Kier molecular flexibility index (Phi) is 4.20. The average molecular weight is 367 g/mol. The van der Waals surface area contributed by atoms with Crippen molar-refractivity contribution < 1.29 is 0 Å². The Morgan fingerprint density at radius 3 is 2.82 bits per heavy atom. The molecule has 0 aliphatic heterocycles. The van der Waals surface area contributed by atoms with Crippen LogP contribution >= 0.6 is 0 Å². The largest absolute Gasteiger partial charge is 0.264 e. The highest BCUT2D eigenvalue weighted by Crippen LogP contribution is 2.32. The molecule has 1 aliphatic carbocycles. The zero-order valence-corrected chi connectivity index (χ0v) is 15.8. The lowest BCUT2D eigenvalue weighted by atomic mass is 10.00. The third kappa shape index (κ3) is 3.09. The van der Waals surface area contributed by atoms with Crippen LogP contribution in [0.3, 0.4) is 0 Å². The van der Waals surface area contributed by atoms with Gasteiger partial charge in [0.25, 0.3) is 0 Å². The molecule has 138 valence electrons. The van der Waals surface area contributed by atoms with Crippen LogP contribution in [0.4, 0.5) is 0 Å². The molecule has 0 N–H and O–H groups in total. The molecule has 3 heterocycles. The van der Waals surface area contributed by atoms with Crippen molar-refractivity contribution in [2.45, 2.75) is 32.7 Å². The smallest absolute Gasteiger partial charge is 0.114 e. The van der Waals surface area contributed by atoms with Crippen LogP contribution in [0.15, 0.2) is 61.1 Å². The van der Waals surface area contributed by atoms with Crippen LogP contribution in [0.5, 0.6) is 0 Å². The summed E-state index contributed by atoms with van der Waals surface area (Å²) in [5.74, 6) is 0. The van der Waals surface area contributed by atoms with E-state index in [1.165, 1.54) is 22.3 Å². The van der Waals surface area contributed by atoms with Crippen molar-refractivity contribution in [3.05, 3.63) is 83.4 Å². The Balaban J connectivity index is 1.48. The van der Waals surface area contributed by atoms with E-state index in [9.17, 15) is 0 Å². The minimum absolute atomic E-state index is 0.668. The summed E-state index contributed by atoms with van der Waals surface area (Å²) in [6.07, 6.45) is 8.86. The van der Waals surface area contributed by atoms with Gasteiger partial charge >= 0.3 is 0 Å². The Bertz CT molecular complexity index is 1130. The Labute approximate surface area is 164 Å². The maximum atomic E-state index is 5.00. The van der Waals surface area contributed by atoms with Crippen molar-refractivity contribution in [2.24, 2.45) is 0 Å². The number of hydrogen-bond donors (Lipinski definition) is 0. The average Bonchev–Trinajstić information content (AvgIpc) is 3.12. The van der Waals surface area contributed by atoms with Gasteiger partial charge in [0.1, 0.15) is 5.69 Å². The Morgan fingerprint density at radius 1 is 1.04 bits per heavy atom. The van der Waals surface area contributed by atoms with Crippen molar-refractivity contribution in [3.8, 4) is 22.5 Å². The maximum absolute atomic E-state index is 5.00. The Morgan fingerprint density at radius 2 is 1.93 bits per heavy atom. The van der Waals surface area contributed by atoms with Gasteiger partial charge in [-0.2, -0.15) is 0 Å². The first-order chi connectivity index (χ1) is 13.8. The van der Waals surface area contributed by atoms with Crippen molar-refractivity contribution in [2.75, 3.05) is 0 Å². The number of aryl methyl sites for hydroxylation is 3. The molecule has 5 rings (SSSR count). The molecule has 0 amide bonds. The molecule has 1 aliphatic rings. The van der Waals surface area contributed by atoms with Gasteiger partial charge in [-0.15, -0.1) is 5.10 Å². The number of rotatable bonds is 3. The maximum Gasteiger partial charge on any atom is 0.114 e. The minimum Gasteiger partial charge on any atom is -0.264 e. The van der Waals surface area contributed by atoms with Gasteiger partial charge in [-0.05, 0) is 61.1 Å². The van der Waals surface area contributed by atoms with Gasteiger partial charge in [0.05, 0.1) is 18.4 Å². The summed E-state index contributed by atoms with van der Waals surface area (Å²) >= 11 is 0. The van der Waals surface area contributed by atoms with Gasteiger partial charge in [0, 0.05) is 29.2 Å². The first kappa shape index (κ1) is 16.8. The highest BCUT2D eigenvalue weighted by atomic mass is 15.4. The van der Waals surface area contributed by atoms with E-state index >= 15 is 0 Å². The highest BCUT2D eigenvalue weighted by Gasteiger charge is 2.17. The van der Waals surface area contributed by atoms with Crippen LogP contribution in [0.1, 0.15) is 28.8 Å². The van der Waals surface area contributed by atoms with Gasteiger partial charge in [-0.3, -0.25) is 9.97 Å². The summed E-state index contributed by atoms with van der Waals surface area (Å²) in [7, 11) is 0. The fourth-order valence-electron chi connectivity index (χ4n) is 3.91. The second-order valence-corrected chi connectivity index (χ2v) is 7.29. The van der Waals surface area contributed by atoms with Crippen LogP contribution in [0.25, 0.3) is 22.5 Å². The molecule has 0 bridgehead atoms. The standard InChI is InChI=1S/C23H21N5/c1-16-20(14-28-15-22(26-27-28)19-9-5-11-24-13-19)12-18-8-4-7-17-6-2-3-10-21(17)23(18)25-16/h2-3,5-6,9-13,15H,4,7-8,14H2,1H3. The molecule has 0 fully saturated rings. The molecule has 0 spiro atoms. The predicted octanol–water partition coefficient (Wildman–Crippen LogP) is 4.25. The van der Waals surface area contributed by atoms with E-state index in [-0.39, 0.29) is 0 Å². The van der Waals surface area contributed by atoms with E-state index in [2.05, 4.69) is 52.6 Å². The summed E-state index contributed by atoms with van der Waals surface area (Å²) < 4.78 is 1.88. The van der Waals surface area contributed by atoms with E-state index in [0.29, 0.717) is 6.54 Å². The van der Waals surface area contributed by atoms with Gasteiger partial charge in [-0.25, -0.2) is 4.68 Å². The molecular weight excluding hydrogens is 346 g/mol. The lowest BCUT2D eigenvalue weighted by Gasteiger charge is -2.13. The fourth-order valence-corrected chi connectivity index (χ4v) is 3.91. The topological polar surface area (TPSA) is 56.5 Å². The van der Waals surface area contributed by atoms with E-state index in [1.807, 2.05) is 23.0 Å². The Hall–Kier alpha value is -3.34. The fraction of sp³-hybridized carbons (Fsp3) is 0.217. The summed E-state index contributed by atoms with van der Waals surface area (Å²) in [5.41, 5.74) is 9.21. The third-order valence-corrected chi connectivity index (χ3v) is 5.39. The van der Waals surface area contributed by atoms with Crippen molar-refractivity contribution in [3.63, 3.8) is 0 Å². The molecular formula is C23H21N5. The zero-order chi connectivity index (χ0) is 18.9. The minimum atomic E-state index is 0.668. The van der Waals surface area contributed by atoms with E-state index in [0.717, 1.165) is 41.9 Å². The lowest BCUT2D eigenvalue weighted by Crippen LogP contribution is -2.06. The number of fused-ring (bicyclic) bond motifs is 3. The van der Waals surface area contributed by atoms with E-state index in [1.54, 1.807) is 12.4 Å². The first-order valence-electron chi connectivity index (χ1n) is 9.66. The number of aromatic nitrogens is 5. The second kappa shape index (κ2) is 7.00. The number of benzene rings is 1. The normalized spacial score (nSPS) is 12.9. The quantitative estimate of drug-likeness (QED) is 0.543. The summed E-state index contributed by atoms with van der Waals surface area (Å²) in [6.45, 7) is 2.75. The second-order valence-electron chi connectivity index (χ2n) is 7.29. The van der Waals surface area contributed by atoms with Crippen molar-refractivity contribution >= 4 is 0 Å². The molecule has 28 heavy (non-hydrogen) atoms. The van der Waals surface area contributed by atoms with Gasteiger partial charge in [-0.1, -0.05) is 29.5 Å². The molecule has 3 aromatic heterocycles. The van der Waals surface area contributed by atoms with Crippen LogP contribution in [-0.4, -0.2) is 25.0 Å². The molecule has 0 saturated carbocycles. The molecule has 4 aromatic rings. The van der Waals surface area contributed by atoms with Gasteiger partial charge < -0.3 is 0 Å². The molecule has 0 unspecified atom stereocenters. The molecule has 1 aromatic carbocycles. The van der Waals surface area contributed by atoms with Crippen molar-refractivity contribution in [1.29, 1.82) is 0 Å². The van der Waals surface area contributed by atoms with Crippen LogP contribution < -0.4 is 0 Å². The highest BCUT2D eigenvalue weighted by molar-refractivity contribution is 5.68. The van der Waals surface area contributed by atoms with Crippen LogP contribution in [0.2, 0.25) is 0 Å². The molecule has 5 heteroatoms. The molecule has 5 nitrogen and oxygen atoms in total. The van der Waals surface area contributed by atoms with Crippen LogP contribution in [0, 0.1) is 6.92 Å². The monoisotopic (exact) mass is 367 g/mol. The van der Waals surface area contributed by atoms with E-state index in [4.69, 9.17) is 4.98 Å². The molecule has 0 radical (unpaired) electrons. The molecule has 0 atom stereocenters.